The number of halogens is 3. The zero-order chi connectivity index (χ0) is 9.14. The molecule has 0 amide bonds. The van der Waals surface area contributed by atoms with Crippen LogP contribution in [0.1, 0.15) is 12.5 Å². The van der Waals surface area contributed by atoms with Crippen molar-refractivity contribution in [1.29, 1.82) is 0 Å². The summed E-state index contributed by atoms with van der Waals surface area (Å²) in [6, 6.07) is 5.72. The van der Waals surface area contributed by atoms with Crippen LogP contribution in [0.3, 0.4) is 0 Å². The van der Waals surface area contributed by atoms with Gasteiger partial charge in [0.05, 0.1) is 6.67 Å². The molecule has 0 bridgehead atoms. The van der Waals surface area contributed by atoms with Crippen LogP contribution in [0.2, 0.25) is 0 Å². The first kappa shape index (κ1) is 10.2. The number of alkyl halides is 1. The molecule has 1 rings (SSSR count). The zero-order valence-corrected chi connectivity index (χ0v) is 9.75. The summed E-state index contributed by atoms with van der Waals surface area (Å²) in [5.41, 5.74) is 0.923. The van der Waals surface area contributed by atoms with Crippen LogP contribution in [0.5, 0.6) is 0 Å². The van der Waals surface area contributed by atoms with Crippen molar-refractivity contribution in [1.82, 2.24) is 0 Å². The van der Waals surface area contributed by atoms with Gasteiger partial charge in [0.1, 0.15) is 0 Å². The second kappa shape index (κ2) is 4.38. The molecule has 65 valence electrons. The first-order valence-corrected chi connectivity index (χ1v) is 5.07. The van der Waals surface area contributed by atoms with Gasteiger partial charge in [-0.1, -0.05) is 38.8 Å². The van der Waals surface area contributed by atoms with Gasteiger partial charge in [0, 0.05) is 14.9 Å². The Bertz CT molecular complexity index is 273. The Morgan fingerprint density at radius 1 is 1.42 bits per heavy atom. The highest BCUT2D eigenvalue weighted by atomic mass is 79.9. The fourth-order valence-electron chi connectivity index (χ4n) is 0.897. The summed E-state index contributed by atoms with van der Waals surface area (Å²) >= 11 is 6.70. The van der Waals surface area contributed by atoms with Crippen molar-refractivity contribution in [3.05, 3.63) is 38.6 Å². The molecule has 0 aliphatic carbocycles. The van der Waals surface area contributed by atoms with Gasteiger partial charge in [0.25, 0.3) is 0 Å². The molecule has 0 aliphatic rings. The molecule has 0 atom stereocenters. The maximum absolute atomic E-state index is 12.3. The Kier molecular flexibility index (Phi) is 3.72. The largest absolute Gasteiger partial charge is 0.250 e. The Balaban J connectivity index is 3.04. The Hall–Kier alpha value is 0.110. The number of rotatable bonds is 2. The summed E-state index contributed by atoms with van der Waals surface area (Å²) in [4.78, 5) is 0. The third-order valence-electron chi connectivity index (χ3n) is 1.59. The summed E-state index contributed by atoms with van der Waals surface area (Å²) < 4.78 is 14.2. The van der Waals surface area contributed by atoms with Crippen LogP contribution in [-0.2, 0) is 0 Å². The molecule has 0 saturated carbocycles. The van der Waals surface area contributed by atoms with Crippen LogP contribution in [-0.4, -0.2) is 6.67 Å². The van der Waals surface area contributed by atoms with Gasteiger partial charge in [-0.2, -0.15) is 0 Å². The molecule has 0 aliphatic heterocycles. The van der Waals surface area contributed by atoms with Crippen LogP contribution in [0, 0.1) is 5.92 Å². The van der Waals surface area contributed by atoms with Gasteiger partial charge in [0.2, 0.25) is 0 Å². The van der Waals surface area contributed by atoms with Crippen molar-refractivity contribution in [3.8, 4) is 0 Å². The highest BCUT2D eigenvalue weighted by Crippen LogP contribution is 2.27. The van der Waals surface area contributed by atoms with Gasteiger partial charge >= 0.3 is 0 Å². The van der Waals surface area contributed by atoms with Crippen molar-refractivity contribution >= 4 is 31.9 Å². The van der Waals surface area contributed by atoms with E-state index in [-0.39, 0.29) is 0 Å². The third-order valence-corrected chi connectivity index (χ3v) is 2.77. The monoisotopic (exact) mass is 293 g/mol. The minimum absolute atomic E-state index is 0.408. The topological polar surface area (TPSA) is 0 Å². The average molecular weight is 295 g/mol. The van der Waals surface area contributed by atoms with Gasteiger partial charge in [-0.15, -0.1) is 0 Å². The molecule has 1 radical (unpaired) electrons. The summed E-state index contributed by atoms with van der Waals surface area (Å²) in [5.74, 6) is 0.739. The fraction of sp³-hybridized carbons (Fsp3) is 0.222. The maximum Gasteiger partial charge on any atom is 0.0998 e. The van der Waals surface area contributed by atoms with Crippen LogP contribution < -0.4 is 0 Å². The molecule has 3 heteroatoms. The molecule has 0 heterocycles. The van der Waals surface area contributed by atoms with Crippen LogP contribution in [0.15, 0.2) is 27.1 Å². The van der Waals surface area contributed by atoms with Gasteiger partial charge in [0.15, 0.2) is 0 Å². The number of benzene rings is 1. The molecule has 0 spiro atoms. The Morgan fingerprint density at radius 3 is 2.67 bits per heavy atom. The van der Waals surface area contributed by atoms with E-state index in [1.165, 1.54) is 0 Å². The molecule has 0 N–H and O–H groups in total. The van der Waals surface area contributed by atoms with Crippen LogP contribution >= 0.6 is 31.9 Å². The Labute approximate surface area is 88.4 Å². The second-order valence-electron chi connectivity index (χ2n) is 2.54. The lowest BCUT2D eigenvalue weighted by Gasteiger charge is -2.08. The summed E-state index contributed by atoms with van der Waals surface area (Å²) in [6.45, 7) is 1.38. The molecule has 1 aromatic carbocycles. The number of hydrogen-bond acceptors (Lipinski definition) is 0. The zero-order valence-electron chi connectivity index (χ0n) is 6.57. The molecule has 0 fully saturated rings. The average Bonchev–Trinajstić information content (AvgIpc) is 2.08. The summed E-state index contributed by atoms with van der Waals surface area (Å²) in [6.07, 6.45) is 0. The van der Waals surface area contributed by atoms with Crippen LogP contribution in [0.4, 0.5) is 4.39 Å². The maximum atomic E-state index is 12.3. The molecule has 0 unspecified atom stereocenters. The van der Waals surface area contributed by atoms with E-state index >= 15 is 0 Å². The van der Waals surface area contributed by atoms with Gasteiger partial charge in [-0.3, -0.25) is 4.39 Å². The van der Waals surface area contributed by atoms with E-state index in [4.69, 9.17) is 0 Å². The van der Waals surface area contributed by atoms with Gasteiger partial charge in [-0.25, -0.2) is 0 Å². The minimum Gasteiger partial charge on any atom is -0.250 e. The highest BCUT2D eigenvalue weighted by Gasteiger charge is 2.09. The van der Waals surface area contributed by atoms with Crippen molar-refractivity contribution in [2.24, 2.45) is 0 Å². The van der Waals surface area contributed by atoms with E-state index in [9.17, 15) is 4.39 Å². The fourth-order valence-corrected chi connectivity index (χ4v) is 1.84. The molecule has 12 heavy (non-hydrogen) atoms. The minimum atomic E-state index is -0.408. The highest BCUT2D eigenvalue weighted by molar-refractivity contribution is 9.11. The quantitative estimate of drug-likeness (QED) is 0.769. The van der Waals surface area contributed by atoms with Crippen LogP contribution in [0.25, 0.3) is 0 Å². The predicted octanol–water partition coefficient (Wildman–Crippen LogP) is 4.12. The lowest BCUT2D eigenvalue weighted by molar-refractivity contribution is 0.515. The van der Waals surface area contributed by atoms with Crippen molar-refractivity contribution in [3.63, 3.8) is 0 Å². The van der Waals surface area contributed by atoms with Crippen molar-refractivity contribution < 1.29 is 4.39 Å². The van der Waals surface area contributed by atoms with E-state index < -0.39 is 6.67 Å². The van der Waals surface area contributed by atoms with E-state index in [1.807, 2.05) is 18.2 Å². The molecule has 1 aromatic rings. The summed E-state index contributed by atoms with van der Waals surface area (Å²) in [7, 11) is 0. The first-order chi connectivity index (χ1) is 5.65. The standard InChI is InChI=1S/C9H8Br2F/c1-6(5-12)8-4-7(10)2-3-9(8)11/h2-4H,5H2,1H3. The molecule has 0 aromatic heterocycles. The third kappa shape index (κ3) is 2.30. The van der Waals surface area contributed by atoms with Crippen molar-refractivity contribution in [2.45, 2.75) is 6.92 Å². The number of hydrogen-bond donors (Lipinski definition) is 0. The van der Waals surface area contributed by atoms with Gasteiger partial charge < -0.3 is 0 Å². The lowest BCUT2D eigenvalue weighted by atomic mass is 10.0. The molecular weight excluding hydrogens is 287 g/mol. The SMILES string of the molecule is C[C](CF)c1cc(Br)ccc1Br. The molecule has 0 nitrogen and oxygen atoms in total. The van der Waals surface area contributed by atoms with E-state index in [0.717, 1.165) is 20.4 Å². The Morgan fingerprint density at radius 2 is 2.08 bits per heavy atom. The van der Waals surface area contributed by atoms with E-state index in [1.54, 1.807) is 6.92 Å². The van der Waals surface area contributed by atoms with Gasteiger partial charge in [-0.05, 0) is 23.8 Å². The van der Waals surface area contributed by atoms with E-state index in [0.29, 0.717) is 0 Å². The van der Waals surface area contributed by atoms with Crippen molar-refractivity contribution in [2.75, 3.05) is 6.67 Å². The molecular formula is C9H8Br2F. The first-order valence-electron chi connectivity index (χ1n) is 3.49. The second-order valence-corrected chi connectivity index (χ2v) is 4.31. The smallest absolute Gasteiger partial charge is 0.0998 e. The lowest BCUT2D eigenvalue weighted by Crippen LogP contribution is -1.97. The normalized spacial score (nSPS) is 10.8. The van der Waals surface area contributed by atoms with E-state index in [2.05, 4.69) is 31.9 Å². The predicted molar refractivity (Wildman–Crippen MR) is 55.8 cm³/mol. The summed E-state index contributed by atoms with van der Waals surface area (Å²) in [5, 5.41) is 0. The molecule has 0 saturated heterocycles.